The fourth-order valence-corrected chi connectivity index (χ4v) is 17.0. The van der Waals surface area contributed by atoms with Crippen molar-refractivity contribution >= 4 is 129 Å². The first-order valence-corrected chi connectivity index (χ1v) is 37.0. The summed E-state index contributed by atoms with van der Waals surface area (Å²) in [5.41, 5.74) is 8.01. The number of nitrogen functional groups attached to an aromatic ring is 1. The monoisotopic (exact) mass is 1260 g/mol. The molecule has 11 aromatic rings. The number of nitrogens with one attached hydrogen (secondary N) is 1. The van der Waals surface area contributed by atoms with Gasteiger partial charge in [-0.15, -0.1) is 0 Å². The number of pyridine rings is 2. The van der Waals surface area contributed by atoms with Gasteiger partial charge in [-0.1, -0.05) is 206 Å². The molecule has 18 heteroatoms. The van der Waals surface area contributed by atoms with Crippen molar-refractivity contribution in [2.24, 2.45) is 0 Å². The lowest BCUT2D eigenvalue weighted by Crippen LogP contribution is -2.33. The largest absolute Gasteiger partial charge is 0.398 e. The standard InChI is InChI=1S/C72H90N8O8S2/c1-4-7-10-13-16-19-22-25-28-31-42-74-89(85,86)49-34-40-60-58(45-49)75-69-53-39-37-52-66-62(80(83)84)48-56-64-54(38-36-51(68(64)66)65-57(73)47-55(63(53)67(52)65)71(81)78(60)69)70-76-59-46-50(35-41-61(59)79(70)72(56)82)90(87,88)77(43-32-29-26-23-20-17-14-11-8-5-2)44-33-30-27-24-21-18-15-12-9-6-3/h34-41,45-48,74H,4-33,42-44,73H2,1-3H3. The van der Waals surface area contributed by atoms with E-state index in [1.807, 2.05) is 12.1 Å². The number of rotatable bonds is 38. The highest BCUT2D eigenvalue weighted by molar-refractivity contribution is 7.89. The average Bonchev–Trinajstić information content (AvgIpc) is 1.06. The molecule has 0 radical (unpaired) electrons. The Labute approximate surface area is 528 Å². The van der Waals surface area contributed by atoms with Gasteiger partial charge in [0.05, 0.1) is 52.9 Å². The van der Waals surface area contributed by atoms with Crippen LogP contribution in [0.2, 0.25) is 0 Å². The molecule has 3 N–H and O–H groups in total. The minimum absolute atomic E-state index is 0.0333. The third-order valence-corrected chi connectivity index (χ3v) is 22.6. The highest BCUT2D eigenvalue weighted by atomic mass is 32.2. The molecule has 11 rings (SSSR count). The molecule has 4 heterocycles. The fourth-order valence-electron chi connectivity index (χ4n) is 14.4. The molecule has 0 saturated heterocycles. The molecule has 0 aliphatic carbocycles. The lowest BCUT2D eigenvalue weighted by molar-refractivity contribution is -0.382. The molecule has 0 unspecified atom stereocenters. The summed E-state index contributed by atoms with van der Waals surface area (Å²) < 4.78 is 64.3. The van der Waals surface area contributed by atoms with E-state index >= 15 is 4.79 Å². The maximum absolute atomic E-state index is 15.1. The molecule has 0 amide bonds. The number of anilines is 1. The van der Waals surface area contributed by atoms with E-state index in [1.165, 1.54) is 143 Å². The van der Waals surface area contributed by atoms with Crippen LogP contribution in [0.4, 0.5) is 11.4 Å². The SMILES string of the molecule is CCCCCCCCCCCCNS(=O)(=O)c1ccc2c(c1)nc1c3ccc4c5c([N+](=O)[O-])cc6c(=O)n7c8ccc(S(=O)(=O)N(CCCCCCCCCCCC)CCCCCCCCCCCC)cc8nc7c7ccc(c8c(N)cc(c(=O)n21)c3c48)c5c67. The zero-order chi connectivity index (χ0) is 63.1. The zero-order valence-corrected chi connectivity index (χ0v) is 54.7. The Morgan fingerprint density at radius 1 is 0.456 bits per heavy atom. The maximum atomic E-state index is 15.1. The quantitative estimate of drug-likeness (QED) is 0.00925. The van der Waals surface area contributed by atoms with Gasteiger partial charge in [0, 0.05) is 69.1 Å². The molecule has 4 aromatic heterocycles. The minimum Gasteiger partial charge on any atom is -0.398 e. The lowest BCUT2D eigenvalue weighted by atomic mass is 9.84. The second kappa shape index (κ2) is 28.8. The Balaban J connectivity index is 0.923. The van der Waals surface area contributed by atoms with Crippen LogP contribution >= 0.6 is 0 Å². The van der Waals surface area contributed by atoms with Crippen molar-refractivity contribution in [2.45, 2.75) is 223 Å². The topological polar surface area (TPSA) is 221 Å². The molecular weight excluding hydrogens is 1170 g/mol. The summed E-state index contributed by atoms with van der Waals surface area (Å²) in [6.45, 7) is 7.82. The van der Waals surface area contributed by atoms with Crippen molar-refractivity contribution < 1.29 is 21.8 Å². The molecule has 7 aromatic carbocycles. The third-order valence-electron chi connectivity index (χ3n) is 19.2. The normalized spacial score (nSPS) is 12.8. The van der Waals surface area contributed by atoms with Gasteiger partial charge >= 0.3 is 0 Å². The Hall–Kier alpha value is -6.86. The predicted octanol–water partition coefficient (Wildman–Crippen LogP) is 17.8. The second-order valence-corrected chi connectivity index (χ2v) is 29.3. The Kier molecular flexibility index (Phi) is 20.7. The second-order valence-electron chi connectivity index (χ2n) is 25.6. The van der Waals surface area contributed by atoms with Crippen LogP contribution in [-0.2, 0) is 20.0 Å². The Bertz CT molecular complexity index is 4690. The van der Waals surface area contributed by atoms with E-state index in [0.29, 0.717) is 95.8 Å². The first-order valence-electron chi connectivity index (χ1n) is 34.0. The van der Waals surface area contributed by atoms with Gasteiger partial charge in [0.25, 0.3) is 16.8 Å². The molecule has 0 spiro atoms. The first-order chi connectivity index (χ1) is 43.7. The molecule has 0 atom stereocenters. The van der Waals surface area contributed by atoms with E-state index in [-0.39, 0.29) is 43.0 Å². The minimum atomic E-state index is -3.98. The molecule has 0 saturated carbocycles. The first kappa shape index (κ1) is 64.7. The summed E-state index contributed by atoms with van der Waals surface area (Å²) in [4.78, 5) is 53.2. The molecule has 478 valence electrons. The number of sulfonamides is 2. The van der Waals surface area contributed by atoms with Crippen LogP contribution in [0.1, 0.15) is 213 Å². The molecule has 90 heavy (non-hydrogen) atoms. The van der Waals surface area contributed by atoms with Gasteiger partial charge in [-0.3, -0.25) is 28.5 Å². The number of hydrogen-bond donors (Lipinski definition) is 2. The van der Waals surface area contributed by atoms with Crippen molar-refractivity contribution in [3.63, 3.8) is 0 Å². The van der Waals surface area contributed by atoms with Gasteiger partial charge in [0.15, 0.2) is 0 Å². The van der Waals surface area contributed by atoms with Crippen molar-refractivity contribution in [3.05, 3.63) is 104 Å². The van der Waals surface area contributed by atoms with Crippen molar-refractivity contribution in [1.82, 2.24) is 27.8 Å². The molecule has 0 fully saturated rings. The maximum Gasteiger partial charge on any atom is 0.278 e. The Morgan fingerprint density at radius 3 is 1.31 bits per heavy atom. The number of non-ortho nitro benzene ring substituents is 1. The van der Waals surface area contributed by atoms with Gasteiger partial charge in [-0.25, -0.2) is 31.5 Å². The number of nitro benzene ring substituents is 1. The van der Waals surface area contributed by atoms with E-state index in [9.17, 15) is 31.7 Å². The number of unbranched alkanes of at least 4 members (excludes halogenated alkanes) is 27. The number of benzene rings is 7. The molecule has 0 aliphatic rings. The van der Waals surface area contributed by atoms with Crippen LogP contribution in [0.5, 0.6) is 0 Å². The number of nitrogens with zero attached hydrogens (tertiary/aromatic N) is 6. The number of hydrogen-bond acceptors (Lipinski definition) is 11. The number of aromatic nitrogens is 4. The summed E-state index contributed by atoms with van der Waals surface area (Å²) in [5, 5.41) is 18.6. The average molecular weight is 1260 g/mol. The number of imidazole rings is 2. The fraction of sp³-hybridized carbons (Fsp3) is 0.500. The van der Waals surface area contributed by atoms with Crippen molar-refractivity contribution in [3.8, 4) is 0 Å². The van der Waals surface area contributed by atoms with Crippen LogP contribution in [0.3, 0.4) is 0 Å². The van der Waals surface area contributed by atoms with Crippen molar-refractivity contribution in [2.75, 3.05) is 25.4 Å². The van der Waals surface area contributed by atoms with Crippen LogP contribution in [-0.4, -0.2) is 64.5 Å². The number of nitro groups is 1. The van der Waals surface area contributed by atoms with Gasteiger partial charge in [-0.2, -0.15) is 4.31 Å². The Morgan fingerprint density at radius 2 is 0.844 bits per heavy atom. The number of fused-ring (bicyclic) bond motifs is 10. The van der Waals surface area contributed by atoms with Crippen LogP contribution in [0, 0.1) is 10.1 Å². The van der Waals surface area contributed by atoms with Gasteiger partial charge in [-0.05, 0) is 84.6 Å². The summed E-state index contributed by atoms with van der Waals surface area (Å²) in [6.07, 6.45) is 34.3. The van der Waals surface area contributed by atoms with Crippen molar-refractivity contribution in [1.29, 1.82) is 0 Å². The van der Waals surface area contributed by atoms with Crippen LogP contribution < -0.4 is 21.6 Å². The highest BCUT2D eigenvalue weighted by Gasteiger charge is 2.31. The molecular formula is C72H90N8O8S2. The summed E-state index contributed by atoms with van der Waals surface area (Å²) in [7, 11) is -7.89. The smallest absolute Gasteiger partial charge is 0.278 e. The van der Waals surface area contributed by atoms with Gasteiger partial charge in [0.2, 0.25) is 20.0 Å². The van der Waals surface area contributed by atoms with Crippen LogP contribution in [0.25, 0.3) is 98.0 Å². The lowest BCUT2D eigenvalue weighted by Gasteiger charge is -2.22. The highest BCUT2D eigenvalue weighted by Crippen LogP contribution is 2.50. The van der Waals surface area contributed by atoms with E-state index in [1.54, 1.807) is 46.8 Å². The number of nitrogens with two attached hydrogens (primary N) is 1. The van der Waals surface area contributed by atoms with E-state index in [2.05, 4.69) is 25.5 Å². The summed E-state index contributed by atoms with van der Waals surface area (Å²) >= 11 is 0. The van der Waals surface area contributed by atoms with Crippen LogP contribution in [0.15, 0.2) is 92.2 Å². The summed E-state index contributed by atoms with van der Waals surface area (Å²) in [6, 6.07) is 19.5. The molecule has 16 nitrogen and oxygen atoms in total. The van der Waals surface area contributed by atoms with E-state index < -0.39 is 36.1 Å². The van der Waals surface area contributed by atoms with E-state index in [4.69, 9.17) is 15.7 Å². The summed E-state index contributed by atoms with van der Waals surface area (Å²) in [5.74, 6) is 0. The predicted molar refractivity (Wildman–Crippen MR) is 371 cm³/mol. The molecule has 0 bridgehead atoms. The van der Waals surface area contributed by atoms with Gasteiger partial charge < -0.3 is 5.73 Å². The molecule has 0 aliphatic heterocycles. The van der Waals surface area contributed by atoms with Gasteiger partial charge in [0.1, 0.15) is 11.3 Å². The third kappa shape index (κ3) is 12.9. The van der Waals surface area contributed by atoms with E-state index in [0.717, 1.165) is 77.0 Å². The zero-order valence-electron chi connectivity index (χ0n) is 53.1.